The van der Waals surface area contributed by atoms with Gasteiger partial charge >= 0.3 is 0 Å². The first-order valence-corrected chi connectivity index (χ1v) is 78.3. The molecular weight excluding hydrogens is 1830 g/mol. The highest BCUT2D eigenvalue weighted by Crippen LogP contribution is 2.29. The van der Waals surface area contributed by atoms with Gasteiger partial charge in [0, 0.05) is 348 Å². The van der Waals surface area contributed by atoms with Gasteiger partial charge in [0.2, 0.25) is 0 Å². The van der Waals surface area contributed by atoms with Gasteiger partial charge in [-0.05, 0) is 52.8 Å². The Morgan fingerprint density at radius 1 is 0.444 bits per heavy atom. The van der Waals surface area contributed by atoms with Crippen molar-refractivity contribution < 1.29 is 9.45 Å². The van der Waals surface area contributed by atoms with E-state index in [1.165, 1.54) is 69.9 Å². The van der Waals surface area contributed by atoms with Crippen molar-refractivity contribution >= 4 is 393 Å². The molecule has 7 rings (SSSR count). The van der Waals surface area contributed by atoms with Crippen LogP contribution >= 0.6 is 0 Å². The molecule has 47 heteroatoms. The fourth-order valence-electron chi connectivity index (χ4n) is 6.62. The summed E-state index contributed by atoms with van der Waals surface area (Å²) in [5.41, 5.74) is 5.51. The fourth-order valence-corrected chi connectivity index (χ4v) is 69.2. The predicted molar refractivity (Wildman–Crippen MR) is 490 cm³/mol. The summed E-state index contributed by atoms with van der Waals surface area (Å²) < 4.78 is 5.83. The first-order valence-electron chi connectivity index (χ1n) is 24.1. The van der Waals surface area contributed by atoms with Crippen molar-refractivity contribution in [2.45, 2.75) is 84.6 Å². The zero-order valence-corrected chi connectivity index (χ0v) is 79.6. The number of rotatable bonds is 7. The van der Waals surface area contributed by atoms with Gasteiger partial charge in [-0.1, -0.05) is 114 Å². The van der Waals surface area contributed by atoms with Gasteiger partial charge in [-0.2, -0.15) is 5.26 Å². The largest absolute Gasteiger partial charge is 0.365 e. The first-order chi connectivity index (χ1) is 42.8. The standard InChI is InChI=1S/C21H25N3OSi2.C17H17N3O2Si.C5H11NSi.S15.S14.S4/c1-26(2,3)18-13-17(16-9-7-8-12-22-16)23-19-14(18)10-11-15-20(19)24-25-21(15)27(4,5)6;1-23(2,3)16-11-14(13-8-4-5-10-18-13)19-17-12(16)7-6-9-15(17)20(21)22;1-7(2,3)5-4-6;1-3-5-7-9-11-13-15-14-12-10-8-6-4-2;1-3-5-7-9-11-13-14-12-10-8-6-4-2;1-3-4-2/h7-13H,1-6H3;4-11H,1-3H3;5H2,1-3H3;;;. The Balaban J connectivity index is 0.000000399. The number of nitrogens with zero attached hydrogens (tertiary/aromatic N) is 7. The number of aromatic nitrogens is 5. The Kier molecular flexibility index (Phi) is 49.3. The molecule has 2 aromatic carbocycles. The van der Waals surface area contributed by atoms with Crippen LogP contribution < -0.4 is 15.8 Å². The monoisotopic (exact) mass is 1880 g/mol. The van der Waals surface area contributed by atoms with Crippen LogP contribution in [0.2, 0.25) is 84.6 Å². The van der Waals surface area contributed by atoms with E-state index in [4.69, 9.17) is 59.5 Å². The summed E-state index contributed by atoms with van der Waals surface area (Å²) in [5.74, 6) is 0. The molecule has 5 heterocycles. The first kappa shape index (κ1) is 88.1. The van der Waals surface area contributed by atoms with Gasteiger partial charge in [0.1, 0.15) is 30.0 Å². The third kappa shape index (κ3) is 36.4. The van der Waals surface area contributed by atoms with Gasteiger partial charge in [0.25, 0.3) is 5.69 Å². The van der Waals surface area contributed by atoms with Crippen LogP contribution in [-0.4, -0.2) is 62.3 Å². The van der Waals surface area contributed by atoms with Crippen LogP contribution in [0.15, 0.2) is 95.8 Å². The van der Waals surface area contributed by atoms with E-state index in [1.807, 2.05) is 54.7 Å². The van der Waals surface area contributed by atoms with Gasteiger partial charge in [-0.15, -0.1) is 0 Å². The lowest BCUT2D eigenvalue weighted by Crippen LogP contribution is -2.38. The lowest BCUT2D eigenvalue weighted by molar-refractivity contribution is -0.383. The van der Waals surface area contributed by atoms with Crippen molar-refractivity contribution in [2.24, 2.45) is 0 Å². The molecule has 0 aliphatic rings. The highest BCUT2D eigenvalue weighted by atomic mass is 33.5. The summed E-state index contributed by atoms with van der Waals surface area (Å²) >= 11 is 27.5. The van der Waals surface area contributed by atoms with Crippen LogP contribution in [0, 0.1) is 21.4 Å². The highest BCUT2D eigenvalue weighted by Gasteiger charge is 2.29. The van der Waals surface area contributed by atoms with E-state index in [9.17, 15) is 10.1 Å². The molecule has 0 bridgehead atoms. The van der Waals surface area contributed by atoms with Crippen molar-refractivity contribution in [3.8, 4) is 28.8 Å². The van der Waals surface area contributed by atoms with Crippen LogP contribution in [0.1, 0.15) is 0 Å². The molecule has 5 aromatic heterocycles. The lowest BCUT2D eigenvalue weighted by atomic mass is 10.1. The molecule has 492 valence electrons. The fraction of sp³-hybridized carbons (Fsp3) is 0.302. The molecule has 90 heavy (non-hydrogen) atoms. The van der Waals surface area contributed by atoms with Crippen LogP contribution in [0.4, 0.5) is 5.69 Å². The van der Waals surface area contributed by atoms with Crippen LogP contribution in [0.25, 0.3) is 55.5 Å². The maximum Gasteiger partial charge on any atom is 0.295 e. The second-order valence-corrected chi connectivity index (χ2v) is 88.6. The van der Waals surface area contributed by atoms with E-state index in [2.05, 4.69) is 145 Å². The highest BCUT2D eigenvalue weighted by molar-refractivity contribution is 8.77. The zero-order valence-electron chi connectivity index (χ0n) is 48.7. The Labute approximate surface area is 636 Å². The number of hydrogen-bond acceptors (Lipinski definition) is 15. The van der Waals surface area contributed by atoms with Gasteiger partial charge < -0.3 is 4.52 Å². The number of fused-ring (bicyclic) bond motifs is 4. The summed E-state index contributed by atoms with van der Waals surface area (Å²) in [7, 11) is 38.0. The quantitative estimate of drug-likeness (QED) is 0.0848. The minimum atomic E-state index is -1.71. The number of pyridine rings is 4. The number of nitro benzene ring substituents is 1. The minimum Gasteiger partial charge on any atom is -0.365 e. The van der Waals surface area contributed by atoms with Crippen LogP contribution in [-0.2, 0) is 307 Å². The predicted octanol–water partition coefficient (Wildman–Crippen LogP) is 10.0. The molecule has 0 amide bonds. The number of hydrogen-bond donors (Lipinski definition) is 0. The van der Waals surface area contributed by atoms with E-state index in [-0.39, 0.29) is 10.6 Å². The molecule has 0 N–H and O–H groups in total. The van der Waals surface area contributed by atoms with Crippen molar-refractivity contribution in [3.05, 3.63) is 101 Å². The lowest BCUT2D eigenvalue weighted by Gasteiger charge is -2.20. The molecule has 0 aliphatic heterocycles. The molecule has 7 aromatic rings. The molecule has 0 atom stereocenters. The van der Waals surface area contributed by atoms with Gasteiger partial charge in [-0.25, -0.2) is 9.97 Å². The van der Waals surface area contributed by atoms with Gasteiger partial charge in [0.05, 0.1) is 58.0 Å². The van der Waals surface area contributed by atoms with E-state index in [0.29, 0.717) is 11.2 Å². The maximum absolute atomic E-state index is 11.4. The van der Waals surface area contributed by atoms with Crippen molar-refractivity contribution in [1.82, 2.24) is 25.1 Å². The number of para-hydroxylation sites is 1. The number of non-ortho nitro benzene ring substituents is 1. The van der Waals surface area contributed by atoms with Gasteiger partial charge in [-0.3, -0.25) is 20.1 Å². The van der Waals surface area contributed by atoms with Crippen LogP contribution in [0.3, 0.4) is 0 Å². The molecule has 0 spiro atoms. The number of nitriles is 1. The minimum absolute atomic E-state index is 0.0415. The second kappa shape index (κ2) is 50.4. The molecule has 0 fully saturated rings. The Hall–Kier alpha value is 2.05. The summed E-state index contributed by atoms with van der Waals surface area (Å²) in [6, 6.07) is 28.3. The Morgan fingerprint density at radius 3 is 1.11 bits per heavy atom. The molecule has 0 aliphatic carbocycles. The third-order valence-electron chi connectivity index (χ3n) is 9.87. The van der Waals surface area contributed by atoms with Crippen molar-refractivity contribution in [1.29, 1.82) is 5.26 Å². The topological polar surface area (TPSA) is 145 Å². The zero-order chi connectivity index (χ0) is 67.0. The average molecular weight is 1890 g/mol. The Bertz CT molecular complexity index is 4910. The van der Waals surface area contributed by atoms with E-state index >= 15 is 0 Å². The van der Waals surface area contributed by atoms with Gasteiger partial charge in [0.15, 0.2) is 0 Å². The summed E-state index contributed by atoms with van der Waals surface area (Å²) in [6.45, 7) is 27.2. The molecule has 0 saturated carbocycles. The smallest absolute Gasteiger partial charge is 0.295 e. The summed E-state index contributed by atoms with van der Waals surface area (Å²) in [4.78, 5) is 29.4. The van der Waals surface area contributed by atoms with Crippen molar-refractivity contribution in [2.75, 3.05) is 0 Å². The maximum atomic E-state index is 11.4. The van der Waals surface area contributed by atoms with E-state index in [1.54, 1.807) is 199 Å². The Morgan fingerprint density at radius 2 is 0.811 bits per heavy atom. The third-order valence-corrected chi connectivity index (χ3v) is 70.2. The number of nitro groups is 1. The van der Waals surface area contributed by atoms with E-state index in [0.717, 1.165) is 55.5 Å². The summed E-state index contributed by atoms with van der Waals surface area (Å²) in [5, 5.41) is 30.8. The normalized spacial score (nSPS) is 10.2. The number of benzene rings is 2. The molecule has 0 saturated heterocycles. The molecular formula is C43H53N7O3S33Si4. The van der Waals surface area contributed by atoms with Crippen LogP contribution in [0.5, 0.6) is 0 Å². The SMILES string of the molecule is C[Si](C)(C)CC#N.C[Si](C)(C)c1cc(-c2ccccn2)nc2c([N+](=O)[O-])cccc12.C[Si](C)(C)c1cc(-c2ccccn2)nc2c1ccc1c([Si](C)(C)C)onc12.S=S=S=S.S=S=S=S=S=S=S=S=S=S=S=S=S=S.S=S=S=S=S=S=S=S=S=S=S=S=S=S=S. The molecule has 0 radical (unpaired) electrons. The summed E-state index contributed by atoms with van der Waals surface area (Å²) in [6.07, 6.45) is 3.52. The van der Waals surface area contributed by atoms with E-state index < -0.39 is 32.3 Å². The molecule has 0 unspecified atom stereocenters. The molecule has 10 nitrogen and oxygen atoms in total. The van der Waals surface area contributed by atoms with Crippen molar-refractivity contribution in [3.63, 3.8) is 0 Å². The average Bonchev–Trinajstić information content (AvgIpc) is 1.36. The second-order valence-electron chi connectivity index (χ2n) is 20.3.